The normalized spacial score (nSPS) is 22.4. The number of aryl methyl sites for hydroxylation is 1. The van der Waals surface area contributed by atoms with Crippen LogP contribution in [0.3, 0.4) is 0 Å². The summed E-state index contributed by atoms with van der Waals surface area (Å²) in [5.74, 6) is 0.615. The Morgan fingerprint density at radius 3 is 2.90 bits per heavy atom. The lowest BCUT2D eigenvalue weighted by atomic mass is 9.96. The predicted octanol–water partition coefficient (Wildman–Crippen LogP) is 2.06. The molecule has 0 saturated carbocycles. The van der Waals surface area contributed by atoms with Crippen molar-refractivity contribution in [2.24, 2.45) is 5.92 Å². The van der Waals surface area contributed by atoms with E-state index in [-0.39, 0.29) is 18.1 Å². The number of rotatable bonds is 5. The minimum atomic E-state index is 0.000694. The van der Waals surface area contributed by atoms with Crippen LogP contribution in [-0.2, 0) is 16.1 Å². The standard InChI is InChI=1S/C16H25N3O2/c1-10(2)5-15-18-14(7-16(20)19-15)13-8-17-11(3)6-12(13)9-21-4/h6,8,10,14-15,18H,5,7,9H2,1-4H3,(H,19,20). The summed E-state index contributed by atoms with van der Waals surface area (Å²) in [5, 5.41) is 6.53. The Balaban J connectivity index is 2.21. The fourth-order valence-corrected chi connectivity index (χ4v) is 2.80. The summed E-state index contributed by atoms with van der Waals surface area (Å²) in [5.41, 5.74) is 3.12. The Morgan fingerprint density at radius 2 is 2.24 bits per heavy atom. The van der Waals surface area contributed by atoms with E-state index in [2.05, 4.69) is 29.5 Å². The average Bonchev–Trinajstić information content (AvgIpc) is 2.37. The third-order valence-electron chi connectivity index (χ3n) is 3.67. The second-order valence-electron chi connectivity index (χ2n) is 6.13. The molecule has 1 fully saturated rings. The fraction of sp³-hybridized carbons (Fsp3) is 0.625. The highest BCUT2D eigenvalue weighted by molar-refractivity contribution is 5.78. The molecule has 1 saturated heterocycles. The Kier molecular flexibility index (Phi) is 5.31. The molecule has 2 N–H and O–H groups in total. The average molecular weight is 291 g/mol. The number of ether oxygens (including phenoxy) is 1. The van der Waals surface area contributed by atoms with Crippen LogP contribution in [-0.4, -0.2) is 24.2 Å². The summed E-state index contributed by atoms with van der Waals surface area (Å²) in [6, 6.07) is 2.03. The molecule has 0 spiro atoms. The highest BCUT2D eigenvalue weighted by atomic mass is 16.5. The first-order valence-electron chi connectivity index (χ1n) is 7.49. The second-order valence-corrected chi connectivity index (χ2v) is 6.13. The first kappa shape index (κ1) is 15.9. The monoisotopic (exact) mass is 291 g/mol. The summed E-state index contributed by atoms with van der Waals surface area (Å²) >= 11 is 0. The van der Waals surface area contributed by atoms with Crippen molar-refractivity contribution in [3.05, 3.63) is 29.1 Å². The molecule has 0 aliphatic carbocycles. The maximum absolute atomic E-state index is 12.0. The van der Waals surface area contributed by atoms with Crippen LogP contribution in [0.4, 0.5) is 0 Å². The molecule has 1 aliphatic heterocycles. The molecule has 1 aromatic rings. The van der Waals surface area contributed by atoms with Crippen LogP contribution < -0.4 is 10.6 Å². The quantitative estimate of drug-likeness (QED) is 0.871. The van der Waals surface area contributed by atoms with E-state index >= 15 is 0 Å². The largest absolute Gasteiger partial charge is 0.380 e. The number of carbonyl (C=O) groups excluding carboxylic acids is 1. The summed E-state index contributed by atoms with van der Waals surface area (Å²) in [4.78, 5) is 16.4. The highest BCUT2D eigenvalue weighted by Crippen LogP contribution is 2.25. The lowest BCUT2D eigenvalue weighted by molar-refractivity contribution is -0.124. The zero-order valence-electron chi connectivity index (χ0n) is 13.3. The van der Waals surface area contributed by atoms with Gasteiger partial charge in [0.25, 0.3) is 0 Å². The van der Waals surface area contributed by atoms with Gasteiger partial charge < -0.3 is 10.1 Å². The molecule has 0 aromatic carbocycles. The van der Waals surface area contributed by atoms with E-state index in [0.717, 1.165) is 23.2 Å². The molecule has 1 amide bonds. The number of amides is 1. The molecular formula is C16H25N3O2. The maximum Gasteiger partial charge on any atom is 0.223 e. The lowest BCUT2D eigenvalue weighted by Crippen LogP contribution is -2.53. The summed E-state index contributed by atoms with van der Waals surface area (Å²) in [6.07, 6.45) is 3.25. The molecule has 5 heteroatoms. The molecule has 2 atom stereocenters. The number of nitrogens with one attached hydrogen (secondary N) is 2. The molecule has 2 unspecified atom stereocenters. The first-order chi connectivity index (χ1) is 9.99. The topological polar surface area (TPSA) is 63.2 Å². The number of aromatic nitrogens is 1. The molecule has 2 rings (SSSR count). The van der Waals surface area contributed by atoms with Gasteiger partial charge in [-0.2, -0.15) is 0 Å². The van der Waals surface area contributed by atoms with Crippen LogP contribution in [0.2, 0.25) is 0 Å². The van der Waals surface area contributed by atoms with Crippen LogP contribution in [0.1, 0.15) is 49.6 Å². The van der Waals surface area contributed by atoms with Crippen molar-refractivity contribution in [3.63, 3.8) is 0 Å². The van der Waals surface area contributed by atoms with Crippen LogP contribution in [0.5, 0.6) is 0 Å². The van der Waals surface area contributed by atoms with Crippen LogP contribution in [0.25, 0.3) is 0 Å². The summed E-state index contributed by atoms with van der Waals surface area (Å²) in [6.45, 7) is 6.81. The molecule has 21 heavy (non-hydrogen) atoms. The van der Waals surface area contributed by atoms with Crippen molar-refractivity contribution in [1.82, 2.24) is 15.6 Å². The number of pyridine rings is 1. The van der Waals surface area contributed by atoms with Gasteiger partial charge in [-0.05, 0) is 36.5 Å². The summed E-state index contributed by atoms with van der Waals surface area (Å²) < 4.78 is 5.28. The minimum Gasteiger partial charge on any atom is -0.380 e. The van der Waals surface area contributed by atoms with Gasteiger partial charge in [-0.25, -0.2) is 0 Å². The van der Waals surface area contributed by atoms with E-state index in [4.69, 9.17) is 4.74 Å². The van der Waals surface area contributed by atoms with Gasteiger partial charge in [0, 0.05) is 31.5 Å². The van der Waals surface area contributed by atoms with Crippen molar-refractivity contribution in [3.8, 4) is 0 Å². The van der Waals surface area contributed by atoms with E-state index in [0.29, 0.717) is 18.9 Å². The van der Waals surface area contributed by atoms with Gasteiger partial charge in [-0.3, -0.25) is 15.1 Å². The molecule has 1 aliphatic rings. The number of hydrogen-bond acceptors (Lipinski definition) is 4. The number of hydrogen-bond donors (Lipinski definition) is 2. The van der Waals surface area contributed by atoms with Crippen molar-refractivity contribution < 1.29 is 9.53 Å². The molecule has 0 radical (unpaired) electrons. The van der Waals surface area contributed by atoms with Crippen molar-refractivity contribution in [2.45, 2.75) is 52.4 Å². The molecule has 1 aromatic heterocycles. The second kappa shape index (κ2) is 7.00. The first-order valence-corrected chi connectivity index (χ1v) is 7.49. The van der Waals surface area contributed by atoms with Gasteiger partial charge in [-0.15, -0.1) is 0 Å². The molecular weight excluding hydrogens is 266 g/mol. The van der Waals surface area contributed by atoms with Crippen molar-refractivity contribution >= 4 is 5.91 Å². The van der Waals surface area contributed by atoms with Crippen LogP contribution >= 0.6 is 0 Å². The molecule has 5 nitrogen and oxygen atoms in total. The lowest BCUT2D eigenvalue weighted by Gasteiger charge is -2.33. The van der Waals surface area contributed by atoms with Gasteiger partial charge in [0.05, 0.1) is 12.8 Å². The number of methoxy groups -OCH3 is 1. The van der Waals surface area contributed by atoms with Crippen molar-refractivity contribution in [2.75, 3.05) is 7.11 Å². The third kappa shape index (κ3) is 4.25. The van der Waals surface area contributed by atoms with E-state index < -0.39 is 0 Å². The maximum atomic E-state index is 12.0. The molecule has 2 heterocycles. The van der Waals surface area contributed by atoms with Gasteiger partial charge in [0.1, 0.15) is 0 Å². The predicted molar refractivity (Wildman–Crippen MR) is 81.6 cm³/mol. The van der Waals surface area contributed by atoms with E-state index in [1.165, 1.54) is 0 Å². The summed E-state index contributed by atoms with van der Waals surface area (Å²) in [7, 11) is 1.68. The van der Waals surface area contributed by atoms with Gasteiger partial charge in [0.15, 0.2) is 0 Å². The Hall–Kier alpha value is -1.46. The minimum absolute atomic E-state index is 0.000694. The zero-order valence-corrected chi connectivity index (χ0v) is 13.3. The Labute approximate surface area is 126 Å². The number of nitrogens with zero attached hydrogens (tertiary/aromatic N) is 1. The number of carbonyl (C=O) groups is 1. The molecule has 0 bridgehead atoms. The fourth-order valence-electron chi connectivity index (χ4n) is 2.80. The Morgan fingerprint density at radius 1 is 1.48 bits per heavy atom. The van der Waals surface area contributed by atoms with Crippen LogP contribution in [0, 0.1) is 12.8 Å². The molecule has 116 valence electrons. The highest BCUT2D eigenvalue weighted by Gasteiger charge is 2.28. The van der Waals surface area contributed by atoms with E-state index in [9.17, 15) is 4.79 Å². The smallest absolute Gasteiger partial charge is 0.223 e. The zero-order chi connectivity index (χ0) is 15.4. The van der Waals surface area contributed by atoms with Crippen molar-refractivity contribution in [1.29, 1.82) is 0 Å². The third-order valence-corrected chi connectivity index (χ3v) is 3.67. The van der Waals surface area contributed by atoms with Gasteiger partial charge in [-0.1, -0.05) is 13.8 Å². The van der Waals surface area contributed by atoms with E-state index in [1.807, 2.05) is 19.2 Å². The SMILES string of the molecule is COCc1cc(C)ncc1C1CC(=O)NC(CC(C)C)N1. The van der Waals surface area contributed by atoms with Crippen LogP contribution in [0.15, 0.2) is 12.3 Å². The Bertz CT molecular complexity index is 502. The van der Waals surface area contributed by atoms with Gasteiger partial charge in [0.2, 0.25) is 5.91 Å². The van der Waals surface area contributed by atoms with E-state index in [1.54, 1.807) is 7.11 Å². The van der Waals surface area contributed by atoms with Gasteiger partial charge >= 0.3 is 0 Å².